The second-order valence-electron chi connectivity index (χ2n) is 6.52. The van der Waals surface area contributed by atoms with E-state index in [1.807, 2.05) is 39.0 Å². The minimum atomic E-state index is -1.14. The van der Waals surface area contributed by atoms with Gasteiger partial charge < -0.3 is 5.32 Å². The van der Waals surface area contributed by atoms with E-state index in [-0.39, 0.29) is 18.3 Å². The number of hydrogen-bond acceptors (Lipinski definition) is 2. The lowest BCUT2D eigenvalue weighted by Crippen LogP contribution is -2.43. The average molecular weight is 340 g/mol. The van der Waals surface area contributed by atoms with Crippen LogP contribution in [0, 0.1) is 19.7 Å². The molecule has 1 saturated heterocycles. The Kier molecular flexibility index (Phi) is 4.33. The minimum Gasteiger partial charge on any atom is -0.319 e. The zero-order valence-electron chi connectivity index (χ0n) is 14.6. The predicted molar refractivity (Wildman–Crippen MR) is 93.4 cm³/mol. The van der Waals surface area contributed by atoms with Crippen LogP contribution in [0.3, 0.4) is 0 Å². The molecule has 4 nitrogen and oxygen atoms in total. The number of nitrogens with one attached hydrogen (secondary N) is 1. The third-order valence-electron chi connectivity index (χ3n) is 4.88. The van der Waals surface area contributed by atoms with Gasteiger partial charge in [0.25, 0.3) is 5.91 Å². The third-order valence-corrected chi connectivity index (χ3v) is 4.88. The average Bonchev–Trinajstić information content (AvgIpc) is 2.84. The topological polar surface area (TPSA) is 49.4 Å². The van der Waals surface area contributed by atoms with Crippen molar-refractivity contribution in [2.24, 2.45) is 0 Å². The fraction of sp³-hybridized carbons (Fsp3) is 0.300. The number of imide groups is 1. The summed E-state index contributed by atoms with van der Waals surface area (Å²) >= 11 is 0. The molecule has 3 rings (SSSR count). The summed E-state index contributed by atoms with van der Waals surface area (Å²) in [6, 6.07) is 11.3. The van der Waals surface area contributed by atoms with E-state index < -0.39 is 11.6 Å². The van der Waals surface area contributed by atoms with Gasteiger partial charge in [-0.3, -0.25) is 9.69 Å². The normalized spacial score (nSPS) is 20.1. The fourth-order valence-electron chi connectivity index (χ4n) is 3.28. The molecule has 0 saturated carbocycles. The van der Waals surface area contributed by atoms with E-state index in [9.17, 15) is 14.0 Å². The van der Waals surface area contributed by atoms with Crippen molar-refractivity contribution in [2.45, 2.75) is 39.3 Å². The predicted octanol–water partition coefficient (Wildman–Crippen LogP) is 3.80. The van der Waals surface area contributed by atoms with E-state index in [2.05, 4.69) is 5.32 Å². The molecule has 130 valence electrons. The lowest BCUT2D eigenvalue weighted by molar-refractivity contribution is -0.132. The van der Waals surface area contributed by atoms with E-state index in [1.54, 1.807) is 12.1 Å². The molecule has 2 aromatic carbocycles. The zero-order valence-corrected chi connectivity index (χ0v) is 14.6. The summed E-state index contributed by atoms with van der Waals surface area (Å²) < 4.78 is 13.2. The highest BCUT2D eigenvalue weighted by molar-refractivity contribution is 6.07. The van der Waals surface area contributed by atoms with Gasteiger partial charge in [0.2, 0.25) is 0 Å². The first-order chi connectivity index (χ1) is 11.9. The SMILES string of the molecule is CC[C@@]1(c2ccc(F)cc2)NC(=O)N(Cc2cc(C)ccc2C)C1=O. The molecule has 1 fully saturated rings. The Morgan fingerprint density at radius 1 is 1.08 bits per heavy atom. The van der Waals surface area contributed by atoms with E-state index >= 15 is 0 Å². The van der Waals surface area contributed by atoms with Gasteiger partial charge in [-0.2, -0.15) is 0 Å². The number of rotatable bonds is 4. The molecule has 3 amide bonds. The Bertz CT molecular complexity index is 832. The van der Waals surface area contributed by atoms with Crippen molar-refractivity contribution in [2.75, 3.05) is 0 Å². The van der Waals surface area contributed by atoms with Crippen LogP contribution in [0.1, 0.15) is 35.6 Å². The van der Waals surface area contributed by atoms with Crippen LogP contribution in [0.2, 0.25) is 0 Å². The van der Waals surface area contributed by atoms with Crippen LogP contribution in [-0.4, -0.2) is 16.8 Å². The molecule has 1 aliphatic rings. The van der Waals surface area contributed by atoms with Crippen molar-refractivity contribution < 1.29 is 14.0 Å². The number of urea groups is 1. The largest absolute Gasteiger partial charge is 0.325 e. The molecule has 0 aliphatic carbocycles. The Balaban J connectivity index is 1.95. The molecule has 0 radical (unpaired) electrons. The molecule has 0 spiro atoms. The molecule has 1 heterocycles. The standard InChI is InChI=1S/C20H21FN2O2/c1-4-20(16-7-9-17(21)10-8-16)18(24)23(19(25)22-20)12-15-11-13(2)5-6-14(15)3/h5-11H,4,12H2,1-3H3,(H,22,25)/t20-/m0/s1. The minimum absolute atomic E-state index is 0.223. The van der Waals surface area contributed by atoms with Gasteiger partial charge in [-0.25, -0.2) is 9.18 Å². The van der Waals surface area contributed by atoms with Crippen LogP contribution in [-0.2, 0) is 16.9 Å². The van der Waals surface area contributed by atoms with Gasteiger partial charge in [0, 0.05) is 0 Å². The quantitative estimate of drug-likeness (QED) is 0.861. The summed E-state index contributed by atoms with van der Waals surface area (Å²) in [5, 5.41) is 2.82. The van der Waals surface area contributed by atoms with Crippen LogP contribution in [0.4, 0.5) is 9.18 Å². The highest BCUT2D eigenvalue weighted by Gasteiger charge is 2.51. The molecule has 0 bridgehead atoms. The maximum absolute atomic E-state index is 13.2. The summed E-state index contributed by atoms with van der Waals surface area (Å²) in [6.45, 7) is 5.99. The fourth-order valence-corrected chi connectivity index (χ4v) is 3.28. The monoisotopic (exact) mass is 340 g/mol. The molecule has 1 atom stereocenters. The number of carbonyl (C=O) groups excluding carboxylic acids is 2. The van der Waals surface area contributed by atoms with Crippen LogP contribution in [0.15, 0.2) is 42.5 Å². The lowest BCUT2D eigenvalue weighted by atomic mass is 9.87. The number of nitrogens with zero attached hydrogens (tertiary/aromatic N) is 1. The molecule has 0 unspecified atom stereocenters. The van der Waals surface area contributed by atoms with E-state index in [0.29, 0.717) is 12.0 Å². The van der Waals surface area contributed by atoms with E-state index in [0.717, 1.165) is 16.7 Å². The van der Waals surface area contributed by atoms with Crippen molar-refractivity contribution in [3.05, 3.63) is 70.5 Å². The zero-order chi connectivity index (χ0) is 18.2. The first-order valence-corrected chi connectivity index (χ1v) is 8.33. The Labute approximate surface area is 146 Å². The van der Waals surface area contributed by atoms with Gasteiger partial charge in [0.1, 0.15) is 11.4 Å². The Hall–Kier alpha value is -2.69. The summed E-state index contributed by atoms with van der Waals surface area (Å²) in [6.07, 6.45) is 0.395. The van der Waals surface area contributed by atoms with Gasteiger partial charge in [-0.1, -0.05) is 42.8 Å². The number of amides is 3. The van der Waals surface area contributed by atoms with Crippen molar-refractivity contribution >= 4 is 11.9 Å². The summed E-state index contributed by atoms with van der Waals surface area (Å²) in [5.74, 6) is -0.675. The van der Waals surface area contributed by atoms with E-state index in [4.69, 9.17) is 0 Å². The van der Waals surface area contributed by atoms with Gasteiger partial charge in [0.15, 0.2) is 0 Å². The second kappa shape index (κ2) is 6.31. The maximum atomic E-state index is 13.2. The number of hydrogen-bond donors (Lipinski definition) is 1. The number of halogens is 1. The summed E-state index contributed by atoms with van der Waals surface area (Å²) in [4.78, 5) is 26.9. The molecular weight excluding hydrogens is 319 g/mol. The third kappa shape index (κ3) is 2.90. The molecular formula is C20H21FN2O2. The van der Waals surface area contributed by atoms with Gasteiger partial charge in [-0.05, 0) is 49.1 Å². The summed E-state index contributed by atoms with van der Waals surface area (Å²) in [7, 11) is 0. The van der Waals surface area contributed by atoms with Crippen LogP contribution >= 0.6 is 0 Å². The molecule has 1 aliphatic heterocycles. The van der Waals surface area contributed by atoms with Crippen LogP contribution < -0.4 is 5.32 Å². The number of benzene rings is 2. The van der Waals surface area contributed by atoms with Gasteiger partial charge >= 0.3 is 6.03 Å². The first-order valence-electron chi connectivity index (χ1n) is 8.33. The Morgan fingerprint density at radius 3 is 2.40 bits per heavy atom. The Morgan fingerprint density at radius 2 is 1.76 bits per heavy atom. The highest BCUT2D eigenvalue weighted by Crippen LogP contribution is 2.33. The molecule has 2 aromatic rings. The summed E-state index contributed by atoms with van der Waals surface area (Å²) in [5.41, 5.74) is 2.50. The molecule has 5 heteroatoms. The van der Waals surface area contributed by atoms with Gasteiger partial charge in [0.05, 0.1) is 6.54 Å². The molecule has 1 N–H and O–H groups in total. The van der Waals surface area contributed by atoms with Gasteiger partial charge in [-0.15, -0.1) is 0 Å². The number of aryl methyl sites for hydroxylation is 2. The maximum Gasteiger partial charge on any atom is 0.325 e. The van der Waals surface area contributed by atoms with Crippen molar-refractivity contribution in [3.8, 4) is 0 Å². The highest BCUT2D eigenvalue weighted by atomic mass is 19.1. The van der Waals surface area contributed by atoms with Crippen LogP contribution in [0.5, 0.6) is 0 Å². The molecule has 0 aromatic heterocycles. The number of carbonyl (C=O) groups is 2. The van der Waals surface area contributed by atoms with Crippen molar-refractivity contribution in [1.29, 1.82) is 0 Å². The van der Waals surface area contributed by atoms with Crippen molar-refractivity contribution in [3.63, 3.8) is 0 Å². The van der Waals surface area contributed by atoms with Crippen LogP contribution in [0.25, 0.3) is 0 Å². The second-order valence-corrected chi connectivity index (χ2v) is 6.52. The smallest absolute Gasteiger partial charge is 0.319 e. The first kappa shape index (κ1) is 17.1. The van der Waals surface area contributed by atoms with Crippen molar-refractivity contribution in [1.82, 2.24) is 10.2 Å². The molecule has 25 heavy (non-hydrogen) atoms. The lowest BCUT2D eigenvalue weighted by Gasteiger charge is -2.26. The van der Waals surface area contributed by atoms with E-state index in [1.165, 1.54) is 17.0 Å².